The quantitative estimate of drug-likeness (QED) is 0.0371. The molecular weight excluding hydrogens is 957 g/mol. The highest BCUT2D eigenvalue weighted by Gasteiger charge is 2.62. The zero-order valence-electron chi connectivity index (χ0n) is 45.6. The number of carbonyl (C=O) groups excluding carboxylic acids is 4. The monoisotopic (exact) mass is 1040 g/mol. The number of epoxide rings is 2. The van der Waals surface area contributed by atoms with Gasteiger partial charge in [0, 0.05) is 38.8 Å². The number of hydrogen-bond acceptors (Lipinski definition) is 16. The molecule has 0 aliphatic carbocycles. The smallest absolute Gasteiger partial charge is 0.303 e. The lowest BCUT2D eigenvalue weighted by molar-refractivity contribution is -0.273. The minimum absolute atomic E-state index is 0.0106. The van der Waals surface area contributed by atoms with Gasteiger partial charge in [0.2, 0.25) is 11.8 Å². The molecule has 2 amide bonds. The van der Waals surface area contributed by atoms with Crippen LogP contribution in [0.1, 0.15) is 122 Å². The SMILES string of the molecule is C=C/C(C)=C/C[C@@H]1O[C@H](C)[C@H](NC(=O)/C=C\C(C)OC(C)=O)C[C@@H]1C.C=C[C@H]1O[C@](C)(O)C[C@@]2(CO2)[C@@H]1O.CC(=O)OC(C)/C=C\C(=O)N[C@@H]1C[C@H](C)[C@H](C/C=C(C)/C=C/[C@H]2O[C@](C)(O)C[C@@]3(CO3)[C@@H]2O)O[C@@H]1C. The van der Waals surface area contributed by atoms with Gasteiger partial charge in [0.15, 0.2) is 11.6 Å². The van der Waals surface area contributed by atoms with E-state index in [1.165, 1.54) is 32.1 Å². The molecule has 6 aliphatic rings. The van der Waals surface area contributed by atoms with E-state index in [0.717, 1.165) is 30.4 Å². The Kier molecular flexibility index (Phi) is 22.8. The van der Waals surface area contributed by atoms with Crippen LogP contribution in [-0.4, -0.2) is 153 Å². The summed E-state index contributed by atoms with van der Waals surface area (Å²) in [5.41, 5.74) is 0.831. The molecule has 0 radical (unpaired) electrons. The van der Waals surface area contributed by atoms with Crippen LogP contribution in [0.25, 0.3) is 0 Å². The summed E-state index contributed by atoms with van der Waals surface area (Å²) >= 11 is 0. The van der Waals surface area contributed by atoms with Crippen LogP contribution in [0.5, 0.6) is 0 Å². The minimum atomic E-state index is -1.34. The van der Waals surface area contributed by atoms with E-state index in [4.69, 9.17) is 37.9 Å². The molecule has 2 spiro atoms. The number of rotatable bonds is 16. The molecule has 6 saturated heterocycles. The molecule has 6 heterocycles. The van der Waals surface area contributed by atoms with Crippen LogP contribution in [0.4, 0.5) is 0 Å². The van der Waals surface area contributed by atoms with Gasteiger partial charge in [-0.25, -0.2) is 0 Å². The van der Waals surface area contributed by atoms with Crippen molar-refractivity contribution in [3.63, 3.8) is 0 Å². The van der Waals surface area contributed by atoms with Gasteiger partial charge in [0.05, 0.1) is 49.7 Å². The highest BCUT2D eigenvalue weighted by atomic mass is 16.7. The molecule has 0 aromatic carbocycles. The van der Waals surface area contributed by atoms with E-state index in [-0.39, 0.29) is 66.6 Å². The lowest BCUT2D eigenvalue weighted by Gasteiger charge is -2.40. The number of hydrogen-bond donors (Lipinski definition) is 6. The van der Waals surface area contributed by atoms with Crippen LogP contribution in [0.15, 0.2) is 85.1 Å². The summed E-state index contributed by atoms with van der Waals surface area (Å²) in [6.45, 7) is 29.6. The summed E-state index contributed by atoms with van der Waals surface area (Å²) in [5.74, 6) is -3.20. The molecule has 6 N–H and O–H groups in total. The second kappa shape index (κ2) is 27.1. The highest BCUT2D eigenvalue weighted by Crippen LogP contribution is 2.46. The van der Waals surface area contributed by atoms with Crippen LogP contribution < -0.4 is 10.6 Å². The Morgan fingerprint density at radius 3 is 1.43 bits per heavy atom. The molecule has 2 unspecified atom stereocenters. The maximum Gasteiger partial charge on any atom is 0.303 e. The number of nitrogens with one attached hydrogen (secondary N) is 2. The largest absolute Gasteiger partial charge is 0.459 e. The maximum absolute atomic E-state index is 12.3. The van der Waals surface area contributed by atoms with Crippen LogP contribution >= 0.6 is 0 Å². The molecule has 18 heteroatoms. The molecular formula is C56H86N2O16. The van der Waals surface area contributed by atoms with Gasteiger partial charge in [-0.1, -0.05) is 68.0 Å². The molecule has 18 atom stereocenters. The van der Waals surface area contributed by atoms with E-state index in [2.05, 4.69) is 49.8 Å². The average molecular weight is 1040 g/mol. The minimum Gasteiger partial charge on any atom is -0.459 e. The van der Waals surface area contributed by atoms with Crippen molar-refractivity contribution in [1.29, 1.82) is 0 Å². The fourth-order valence-electron chi connectivity index (χ4n) is 9.71. The van der Waals surface area contributed by atoms with Crippen molar-refractivity contribution in [3.8, 4) is 0 Å². The average Bonchev–Trinajstić information content (AvgIpc) is 4.25. The van der Waals surface area contributed by atoms with Crippen molar-refractivity contribution >= 4 is 23.8 Å². The van der Waals surface area contributed by atoms with Crippen molar-refractivity contribution in [2.45, 2.75) is 218 Å². The third kappa shape index (κ3) is 19.3. The molecule has 0 aromatic rings. The Labute approximate surface area is 438 Å². The Morgan fingerprint density at radius 1 is 0.662 bits per heavy atom. The molecule has 0 saturated carbocycles. The van der Waals surface area contributed by atoms with Crippen molar-refractivity contribution in [2.24, 2.45) is 11.8 Å². The molecule has 18 nitrogen and oxygen atoms in total. The number of aliphatic hydroxyl groups is 4. The summed E-state index contributed by atoms with van der Waals surface area (Å²) in [7, 11) is 0. The number of esters is 2. The third-order valence-electron chi connectivity index (χ3n) is 14.0. The number of ether oxygens (including phenoxy) is 8. The molecule has 416 valence electrons. The highest BCUT2D eigenvalue weighted by molar-refractivity contribution is 5.88. The fraction of sp³-hybridized carbons (Fsp3) is 0.679. The third-order valence-corrected chi connectivity index (χ3v) is 14.0. The Hall–Kier alpha value is -4.34. The van der Waals surface area contributed by atoms with Gasteiger partial charge in [-0.3, -0.25) is 19.2 Å². The number of allylic oxidation sites excluding steroid dienone is 4. The van der Waals surface area contributed by atoms with E-state index >= 15 is 0 Å². The van der Waals surface area contributed by atoms with Crippen molar-refractivity contribution in [3.05, 3.63) is 85.1 Å². The first-order chi connectivity index (χ1) is 34.5. The predicted octanol–water partition coefficient (Wildman–Crippen LogP) is 5.43. The van der Waals surface area contributed by atoms with Crippen molar-refractivity contribution < 1.29 is 77.5 Å². The maximum atomic E-state index is 12.3. The molecule has 6 fully saturated rings. The van der Waals surface area contributed by atoms with Crippen LogP contribution in [0.2, 0.25) is 0 Å². The zero-order chi connectivity index (χ0) is 55.3. The predicted molar refractivity (Wildman–Crippen MR) is 277 cm³/mol. The first-order valence-electron chi connectivity index (χ1n) is 25.9. The summed E-state index contributed by atoms with van der Waals surface area (Å²) in [6, 6.07) is -0.144. The van der Waals surface area contributed by atoms with Gasteiger partial charge in [-0.05, 0) is 105 Å². The van der Waals surface area contributed by atoms with Crippen LogP contribution in [0.3, 0.4) is 0 Å². The second-order valence-corrected chi connectivity index (χ2v) is 21.4. The Balaban J connectivity index is 0.000000268. The standard InChI is InChI=1S/C27H41NO8.C20H31NO4.C9H14O4/c1-16(8-11-23-25(31)27(15-33-27)14-26(6,32)36-23)7-10-22-17(2)13-21(19(4)35-22)28-24(30)12-9-18(3)34-20(5)29;1-7-13(2)8-10-19-14(3)12-18(16(5)25-19)21-20(23)11-9-15(4)24-17(6)22;1-3-6-7(10)9(5-12-9)4-8(2,11)13-6/h7-9,11-12,17-19,21-23,25,31-32H,10,13-15H2,1-6H3,(H,28,30);7-9,11,14-16,18-19H,1,10,12H2,2-6H3,(H,21,23);3,6-7,10-11H,1,4-5H2,2H3/b11-8+,12-9-,16-7+;11-9-,13-8+;/t17-,18?,19+,21+,22-,23+,25+,26-,27+;14-,15?,16+,18+,19-;6-,7-,8+,9-/m001/s1. The van der Waals surface area contributed by atoms with Crippen LogP contribution in [-0.2, 0) is 57.1 Å². The summed E-state index contributed by atoms with van der Waals surface area (Å²) in [6.07, 6.45) is 17.2. The Bertz CT molecular complexity index is 2090. The number of carbonyl (C=O) groups is 4. The van der Waals surface area contributed by atoms with Crippen molar-refractivity contribution in [2.75, 3.05) is 13.2 Å². The number of amides is 2. The van der Waals surface area contributed by atoms with Gasteiger partial charge >= 0.3 is 11.9 Å². The van der Waals surface area contributed by atoms with E-state index in [1.807, 2.05) is 39.8 Å². The lowest BCUT2D eigenvalue weighted by atomic mass is 9.87. The van der Waals surface area contributed by atoms with Gasteiger partial charge in [0.25, 0.3) is 0 Å². The molecule has 74 heavy (non-hydrogen) atoms. The fourth-order valence-corrected chi connectivity index (χ4v) is 9.71. The second-order valence-electron chi connectivity index (χ2n) is 21.4. The summed E-state index contributed by atoms with van der Waals surface area (Å²) < 4.78 is 43.8. The van der Waals surface area contributed by atoms with E-state index in [1.54, 1.807) is 45.9 Å². The molecule has 0 aromatic heterocycles. The van der Waals surface area contributed by atoms with E-state index < -0.39 is 65.4 Å². The van der Waals surface area contributed by atoms with Crippen LogP contribution in [0, 0.1) is 11.8 Å². The molecule has 6 aliphatic heterocycles. The first-order valence-corrected chi connectivity index (χ1v) is 25.9. The molecule has 0 bridgehead atoms. The Morgan fingerprint density at radius 2 is 1.05 bits per heavy atom. The number of aliphatic hydroxyl groups excluding tert-OH is 2. The van der Waals surface area contributed by atoms with Gasteiger partial charge in [0.1, 0.15) is 47.8 Å². The summed E-state index contributed by atoms with van der Waals surface area (Å²) in [5, 5.41) is 46.4. The van der Waals surface area contributed by atoms with E-state index in [9.17, 15) is 39.6 Å². The van der Waals surface area contributed by atoms with Gasteiger partial charge < -0.3 is 69.0 Å². The van der Waals surface area contributed by atoms with Gasteiger partial charge in [-0.15, -0.1) is 6.58 Å². The molecule has 6 rings (SSSR count). The zero-order valence-corrected chi connectivity index (χ0v) is 45.6. The van der Waals surface area contributed by atoms with Gasteiger partial charge in [-0.2, -0.15) is 0 Å². The summed E-state index contributed by atoms with van der Waals surface area (Å²) in [4.78, 5) is 46.2. The normalized spacial score (nSPS) is 38.7. The van der Waals surface area contributed by atoms with Crippen molar-refractivity contribution in [1.82, 2.24) is 10.6 Å². The lowest BCUT2D eigenvalue weighted by Crippen LogP contribution is -2.54. The topological polar surface area (TPSA) is 254 Å². The first kappa shape index (κ1) is 62.2. The van der Waals surface area contributed by atoms with E-state index in [0.29, 0.717) is 32.0 Å².